The molecule has 102 valence electrons. The van der Waals surface area contributed by atoms with E-state index in [0.717, 1.165) is 28.2 Å². The first kappa shape index (κ1) is 13.3. The number of hydrogen-bond acceptors (Lipinski definition) is 1. The fourth-order valence-corrected chi connectivity index (χ4v) is 2.21. The molecular weight excluding hydrogens is 256 g/mol. The van der Waals surface area contributed by atoms with Gasteiger partial charge in [-0.05, 0) is 43.5 Å². The summed E-state index contributed by atoms with van der Waals surface area (Å²) in [4.78, 5) is 0. The Labute approximate surface area is 125 Å². The van der Waals surface area contributed by atoms with E-state index in [9.17, 15) is 0 Å². The molecule has 1 heteroatoms. The Bertz CT molecular complexity index is 797. The standard InChI is InChI=1S/C20H16O/c1-15-8-11-18(12-9-15)19-14-16(2)21-20(19)13-10-17-6-4-3-5-7-17/h3-9,11-12,14H,1-2H3. The van der Waals surface area contributed by atoms with E-state index < -0.39 is 0 Å². The smallest absolute Gasteiger partial charge is 0.185 e. The lowest BCUT2D eigenvalue weighted by atomic mass is 10.0. The van der Waals surface area contributed by atoms with Gasteiger partial charge in [-0.15, -0.1) is 0 Å². The van der Waals surface area contributed by atoms with Gasteiger partial charge in [0.15, 0.2) is 5.76 Å². The highest BCUT2D eigenvalue weighted by molar-refractivity contribution is 5.70. The van der Waals surface area contributed by atoms with Crippen LogP contribution in [0.15, 0.2) is 65.1 Å². The lowest BCUT2D eigenvalue weighted by Gasteiger charge is -1.99. The van der Waals surface area contributed by atoms with Gasteiger partial charge >= 0.3 is 0 Å². The number of aryl methyl sites for hydroxylation is 2. The van der Waals surface area contributed by atoms with Crippen molar-refractivity contribution >= 4 is 0 Å². The fraction of sp³-hybridized carbons (Fsp3) is 0.100. The van der Waals surface area contributed by atoms with E-state index in [1.165, 1.54) is 5.56 Å². The van der Waals surface area contributed by atoms with Crippen LogP contribution in [0.4, 0.5) is 0 Å². The minimum atomic E-state index is 0.722. The van der Waals surface area contributed by atoms with Crippen molar-refractivity contribution in [3.8, 4) is 23.0 Å². The maximum absolute atomic E-state index is 5.75. The van der Waals surface area contributed by atoms with E-state index >= 15 is 0 Å². The normalized spacial score (nSPS) is 10.0. The summed E-state index contributed by atoms with van der Waals surface area (Å²) in [6.45, 7) is 4.03. The van der Waals surface area contributed by atoms with E-state index in [1.54, 1.807) is 0 Å². The molecule has 0 saturated carbocycles. The van der Waals surface area contributed by atoms with Crippen molar-refractivity contribution in [2.75, 3.05) is 0 Å². The Morgan fingerprint density at radius 1 is 0.810 bits per heavy atom. The van der Waals surface area contributed by atoms with E-state index in [0.29, 0.717) is 0 Å². The van der Waals surface area contributed by atoms with Gasteiger partial charge in [-0.2, -0.15) is 0 Å². The lowest BCUT2D eigenvalue weighted by molar-refractivity contribution is 0.523. The summed E-state index contributed by atoms with van der Waals surface area (Å²) in [7, 11) is 0. The molecule has 21 heavy (non-hydrogen) atoms. The lowest BCUT2D eigenvalue weighted by Crippen LogP contribution is -1.80. The molecule has 1 aromatic heterocycles. The van der Waals surface area contributed by atoms with E-state index in [-0.39, 0.29) is 0 Å². The Balaban J connectivity index is 2.01. The van der Waals surface area contributed by atoms with Crippen LogP contribution in [-0.4, -0.2) is 0 Å². The van der Waals surface area contributed by atoms with Crippen molar-refractivity contribution in [1.29, 1.82) is 0 Å². The molecule has 0 aliphatic carbocycles. The highest BCUT2D eigenvalue weighted by Gasteiger charge is 2.08. The van der Waals surface area contributed by atoms with Crippen LogP contribution in [0, 0.1) is 25.7 Å². The second kappa shape index (κ2) is 5.73. The predicted molar refractivity (Wildman–Crippen MR) is 86.0 cm³/mol. The molecule has 1 heterocycles. The average Bonchev–Trinajstić information content (AvgIpc) is 2.88. The Morgan fingerprint density at radius 3 is 2.24 bits per heavy atom. The van der Waals surface area contributed by atoms with Crippen LogP contribution < -0.4 is 0 Å². The molecule has 0 atom stereocenters. The van der Waals surface area contributed by atoms with Crippen LogP contribution in [0.2, 0.25) is 0 Å². The molecule has 0 radical (unpaired) electrons. The quantitative estimate of drug-likeness (QED) is 0.570. The zero-order valence-corrected chi connectivity index (χ0v) is 12.2. The SMILES string of the molecule is Cc1ccc(-c2cc(C)oc2C#Cc2ccccc2)cc1. The maximum Gasteiger partial charge on any atom is 0.185 e. The third-order valence-electron chi connectivity index (χ3n) is 3.31. The van der Waals surface area contributed by atoms with Gasteiger partial charge in [0.2, 0.25) is 0 Å². The summed E-state index contributed by atoms with van der Waals surface area (Å²) in [5, 5.41) is 0. The van der Waals surface area contributed by atoms with Gasteiger partial charge in [-0.3, -0.25) is 0 Å². The van der Waals surface area contributed by atoms with E-state index in [2.05, 4.69) is 43.0 Å². The number of hydrogen-bond donors (Lipinski definition) is 0. The molecule has 1 nitrogen and oxygen atoms in total. The second-order valence-corrected chi connectivity index (χ2v) is 5.08. The molecule has 3 aromatic rings. The van der Waals surface area contributed by atoms with Gasteiger partial charge in [0, 0.05) is 11.1 Å². The number of benzene rings is 2. The molecule has 3 rings (SSSR count). The summed E-state index contributed by atoms with van der Waals surface area (Å²) >= 11 is 0. The fourth-order valence-electron chi connectivity index (χ4n) is 2.21. The van der Waals surface area contributed by atoms with Gasteiger partial charge in [-0.25, -0.2) is 0 Å². The summed E-state index contributed by atoms with van der Waals surface area (Å²) in [6, 6.07) is 20.4. The van der Waals surface area contributed by atoms with Crippen molar-refractivity contribution < 1.29 is 4.42 Å². The minimum Gasteiger partial charge on any atom is -0.452 e. The summed E-state index contributed by atoms with van der Waals surface area (Å²) in [5.41, 5.74) is 4.42. The molecule has 0 amide bonds. The van der Waals surface area contributed by atoms with Crippen LogP contribution in [0.1, 0.15) is 22.6 Å². The molecule has 0 aliphatic heterocycles. The first-order valence-electron chi connectivity index (χ1n) is 6.97. The zero-order chi connectivity index (χ0) is 14.7. The highest BCUT2D eigenvalue weighted by atomic mass is 16.3. The summed E-state index contributed by atoms with van der Waals surface area (Å²) in [5.74, 6) is 7.90. The van der Waals surface area contributed by atoms with E-state index in [4.69, 9.17) is 4.42 Å². The van der Waals surface area contributed by atoms with Crippen LogP contribution in [-0.2, 0) is 0 Å². The molecule has 0 aliphatic rings. The van der Waals surface area contributed by atoms with Crippen LogP contribution in [0.5, 0.6) is 0 Å². The topological polar surface area (TPSA) is 13.1 Å². The average molecular weight is 272 g/mol. The maximum atomic E-state index is 5.75. The van der Waals surface area contributed by atoms with Crippen LogP contribution >= 0.6 is 0 Å². The predicted octanol–water partition coefficient (Wildman–Crippen LogP) is 4.96. The van der Waals surface area contributed by atoms with Crippen LogP contribution in [0.3, 0.4) is 0 Å². The monoisotopic (exact) mass is 272 g/mol. The largest absolute Gasteiger partial charge is 0.452 e. The minimum absolute atomic E-state index is 0.722. The Hall–Kier alpha value is -2.72. The zero-order valence-electron chi connectivity index (χ0n) is 12.2. The van der Waals surface area contributed by atoms with Crippen molar-refractivity contribution in [2.24, 2.45) is 0 Å². The van der Waals surface area contributed by atoms with Gasteiger partial charge in [0.1, 0.15) is 5.76 Å². The van der Waals surface area contributed by atoms with Gasteiger partial charge in [0.25, 0.3) is 0 Å². The van der Waals surface area contributed by atoms with Crippen molar-refractivity contribution in [3.63, 3.8) is 0 Å². The molecule has 2 aromatic carbocycles. The third-order valence-corrected chi connectivity index (χ3v) is 3.31. The molecular formula is C20H16O. The third kappa shape index (κ3) is 3.07. The molecule has 0 spiro atoms. The highest BCUT2D eigenvalue weighted by Crippen LogP contribution is 2.26. The van der Waals surface area contributed by atoms with Crippen LogP contribution in [0.25, 0.3) is 11.1 Å². The second-order valence-electron chi connectivity index (χ2n) is 5.08. The molecule has 0 bridgehead atoms. The summed E-state index contributed by atoms with van der Waals surface area (Å²) < 4.78 is 5.75. The molecule has 0 fully saturated rings. The Morgan fingerprint density at radius 2 is 1.52 bits per heavy atom. The van der Waals surface area contributed by atoms with Crippen molar-refractivity contribution in [2.45, 2.75) is 13.8 Å². The number of furan rings is 1. The molecule has 0 N–H and O–H groups in total. The van der Waals surface area contributed by atoms with Gasteiger partial charge < -0.3 is 4.42 Å². The Kier molecular flexibility index (Phi) is 3.62. The first-order chi connectivity index (χ1) is 10.2. The first-order valence-corrected chi connectivity index (χ1v) is 6.97. The van der Waals surface area contributed by atoms with Crippen molar-refractivity contribution in [3.05, 3.63) is 83.3 Å². The van der Waals surface area contributed by atoms with Crippen molar-refractivity contribution in [1.82, 2.24) is 0 Å². The molecule has 0 saturated heterocycles. The number of rotatable bonds is 1. The summed E-state index contributed by atoms with van der Waals surface area (Å²) in [6.07, 6.45) is 0. The van der Waals surface area contributed by atoms with Gasteiger partial charge in [-0.1, -0.05) is 53.9 Å². The van der Waals surface area contributed by atoms with E-state index in [1.807, 2.05) is 43.3 Å². The van der Waals surface area contributed by atoms with Gasteiger partial charge in [0.05, 0.1) is 0 Å². The molecule has 0 unspecified atom stereocenters.